The third-order valence-corrected chi connectivity index (χ3v) is 9.17. The number of benzene rings is 3. The Labute approximate surface area is 244 Å². The highest BCUT2D eigenvalue weighted by atomic mass is 35.5. The molecule has 41 heavy (non-hydrogen) atoms. The number of amides is 2. The highest BCUT2D eigenvalue weighted by Gasteiger charge is 2.50. The number of imide groups is 1. The molecule has 1 aliphatic carbocycles. The minimum atomic E-state index is -0.411. The molecule has 2 amide bonds. The second-order valence-corrected chi connectivity index (χ2v) is 11.9. The maximum atomic E-state index is 13.2. The Morgan fingerprint density at radius 3 is 2.20 bits per heavy atom. The minimum absolute atomic E-state index is 0.0337. The zero-order valence-electron chi connectivity index (χ0n) is 23.0. The molecule has 0 aromatic heterocycles. The Morgan fingerprint density at radius 1 is 0.854 bits per heavy atom. The summed E-state index contributed by atoms with van der Waals surface area (Å²) in [6.07, 6.45) is 2.30. The van der Waals surface area contributed by atoms with Gasteiger partial charge in [0.2, 0.25) is 11.8 Å². The van der Waals surface area contributed by atoms with Crippen molar-refractivity contribution in [3.8, 4) is 0 Å². The maximum Gasteiger partial charge on any atom is 0.294 e. The molecular formula is C32H33ClN4O4. The molecule has 0 radical (unpaired) electrons. The molecular weight excluding hydrogens is 540 g/mol. The van der Waals surface area contributed by atoms with Crippen molar-refractivity contribution in [2.24, 2.45) is 17.8 Å². The SMILES string of the molecule is CC1CCC2C(=O)N(c3ccc(N4CCN(C(c5ccccc5)c5ccc(Cl)cc5)CC4)c([N+](=O)[O-])c3)C(=O)C2C1. The van der Waals surface area contributed by atoms with Gasteiger partial charge in [-0.1, -0.05) is 61.0 Å². The van der Waals surface area contributed by atoms with Crippen LogP contribution in [0.2, 0.25) is 5.02 Å². The van der Waals surface area contributed by atoms with Gasteiger partial charge in [0.15, 0.2) is 0 Å². The predicted molar refractivity (Wildman–Crippen MR) is 159 cm³/mol. The summed E-state index contributed by atoms with van der Waals surface area (Å²) >= 11 is 6.17. The van der Waals surface area contributed by atoms with Gasteiger partial charge in [-0.3, -0.25) is 24.6 Å². The van der Waals surface area contributed by atoms with Gasteiger partial charge < -0.3 is 4.90 Å². The smallest absolute Gasteiger partial charge is 0.294 e. The molecule has 3 aromatic rings. The summed E-state index contributed by atoms with van der Waals surface area (Å²) in [4.78, 5) is 43.8. The van der Waals surface area contributed by atoms with Crippen LogP contribution in [0.15, 0.2) is 72.8 Å². The van der Waals surface area contributed by atoms with Crippen LogP contribution in [0.3, 0.4) is 0 Å². The average Bonchev–Trinajstić information content (AvgIpc) is 3.23. The standard InChI is InChI=1S/C32H33ClN4O4/c1-21-7-13-26-27(19-21)32(39)36(31(26)38)25-12-14-28(29(20-25)37(40)41)34-15-17-35(18-16-34)30(22-5-3-2-4-6-22)23-8-10-24(33)11-9-23/h2-6,8-12,14,20-21,26-27,30H,7,13,15-19H2,1H3. The molecule has 3 fully saturated rings. The lowest BCUT2D eigenvalue weighted by atomic mass is 9.76. The first kappa shape index (κ1) is 27.4. The second kappa shape index (κ2) is 11.3. The van der Waals surface area contributed by atoms with Gasteiger partial charge in [0.1, 0.15) is 5.69 Å². The number of anilines is 2. The number of nitro groups is 1. The zero-order chi connectivity index (χ0) is 28.7. The largest absolute Gasteiger partial charge is 0.363 e. The molecule has 0 spiro atoms. The van der Waals surface area contributed by atoms with Crippen molar-refractivity contribution < 1.29 is 14.5 Å². The highest BCUT2D eigenvalue weighted by Crippen LogP contribution is 2.44. The van der Waals surface area contributed by atoms with Gasteiger partial charge in [-0.25, -0.2) is 4.90 Å². The van der Waals surface area contributed by atoms with Crippen molar-refractivity contribution in [3.63, 3.8) is 0 Å². The van der Waals surface area contributed by atoms with E-state index in [-0.39, 0.29) is 35.4 Å². The van der Waals surface area contributed by atoms with Crippen LogP contribution in [0, 0.1) is 27.9 Å². The fourth-order valence-electron chi connectivity index (χ4n) is 6.82. The average molecular weight is 573 g/mol. The molecule has 4 unspecified atom stereocenters. The summed E-state index contributed by atoms with van der Waals surface area (Å²) in [6, 6.07) is 23.0. The lowest BCUT2D eigenvalue weighted by Gasteiger charge is -2.40. The molecule has 212 valence electrons. The van der Waals surface area contributed by atoms with E-state index < -0.39 is 4.92 Å². The van der Waals surface area contributed by atoms with Crippen LogP contribution < -0.4 is 9.80 Å². The highest BCUT2D eigenvalue weighted by molar-refractivity contribution is 6.30. The number of hydrogen-bond acceptors (Lipinski definition) is 6. The van der Waals surface area contributed by atoms with E-state index in [2.05, 4.69) is 24.0 Å². The van der Waals surface area contributed by atoms with Gasteiger partial charge in [0, 0.05) is 37.3 Å². The summed E-state index contributed by atoms with van der Waals surface area (Å²) < 4.78 is 0. The van der Waals surface area contributed by atoms with Crippen LogP contribution >= 0.6 is 11.6 Å². The molecule has 2 aliphatic heterocycles. The first-order valence-corrected chi connectivity index (χ1v) is 14.6. The Hall–Kier alpha value is -3.75. The number of nitrogens with zero attached hydrogens (tertiary/aromatic N) is 4. The van der Waals surface area contributed by atoms with Crippen molar-refractivity contribution >= 4 is 40.5 Å². The van der Waals surface area contributed by atoms with Gasteiger partial charge in [0.05, 0.1) is 28.5 Å². The van der Waals surface area contributed by atoms with Gasteiger partial charge in [-0.2, -0.15) is 0 Å². The topological polar surface area (TPSA) is 87.0 Å². The van der Waals surface area contributed by atoms with E-state index >= 15 is 0 Å². The monoisotopic (exact) mass is 572 g/mol. The van der Waals surface area contributed by atoms with E-state index in [4.69, 9.17) is 11.6 Å². The Morgan fingerprint density at radius 2 is 1.51 bits per heavy atom. The Balaban J connectivity index is 1.23. The molecule has 4 atom stereocenters. The lowest BCUT2D eigenvalue weighted by molar-refractivity contribution is -0.384. The van der Waals surface area contributed by atoms with E-state index in [9.17, 15) is 19.7 Å². The fourth-order valence-corrected chi connectivity index (χ4v) is 6.95. The number of carbonyl (C=O) groups excluding carboxylic acids is 2. The first-order valence-electron chi connectivity index (χ1n) is 14.3. The third-order valence-electron chi connectivity index (χ3n) is 8.92. The summed E-state index contributed by atoms with van der Waals surface area (Å²) in [7, 11) is 0. The van der Waals surface area contributed by atoms with Gasteiger partial charge >= 0.3 is 0 Å². The van der Waals surface area contributed by atoms with Crippen LogP contribution in [0.5, 0.6) is 0 Å². The molecule has 9 heteroatoms. The predicted octanol–water partition coefficient (Wildman–Crippen LogP) is 6.09. The molecule has 3 aromatic carbocycles. The number of halogens is 1. The molecule has 3 aliphatic rings. The molecule has 8 nitrogen and oxygen atoms in total. The van der Waals surface area contributed by atoms with Gasteiger partial charge in [-0.15, -0.1) is 0 Å². The van der Waals surface area contributed by atoms with E-state index in [1.165, 1.54) is 16.5 Å². The first-order chi connectivity index (χ1) is 19.8. The van der Waals surface area contributed by atoms with Crippen LogP contribution in [-0.4, -0.2) is 47.8 Å². The van der Waals surface area contributed by atoms with Crippen molar-refractivity contribution in [2.75, 3.05) is 36.0 Å². The van der Waals surface area contributed by atoms with Gasteiger partial charge in [-0.05, 0) is 60.6 Å². The number of nitro benzene ring substituents is 1. The number of piperazine rings is 1. The number of carbonyl (C=O) groups is 2. The summed E-state index contributed by atoms with van der Waals surface area (Å²) in [5, 5.41) is 12.9. The quantitative estimate of drug-likeness (QED) is 0.202. The normalized spacial score (nSPS) is 23.9. The molecule has 6 rings (SSSR count). The lowest BCUT2D eigenvalue weighted by Crippen LogP contribution is -2.48. The van der Waals surface area contributed by atoms with E-state index in [0.717, 1.165) is 12.0 Å². The van der Waals surface area contributed by atoms with Crippen molar-refractivity contribution in [2.45, 2.75) is 32.2 Å². The molecule has 1 saturated carbocycles. The van der Waals surface area contributed by atoms with Crippen LogP contribution in [-0.2, 0) is 9.59 Å². The number of hydrogen-bond donors (Lipinski definition) is 0. The van der Waals surface area contributed by atoms with Crippen molar-refractivity contribution in [3.05, 3.63) is 99.1 Å². The Kier molecular flexibility index (Phi) is 7.53. The van der Waals surface area contributed by atoms with Crippen LogP contribution in [0.1, 0.15) is 43.4 Å². The van der Waals surface area contributed by atoms with Gasteiger partial charge in [0.25, 0.3) is 5.69 Å². The maximum absolute atomic E-state index is 13.2. The van der Waals surface area contributed by atoms with E-state index in [0.29, 0.717) is 61.3 Å². The molecule has 0 bridgehead atoms. The summed E-state index contributed by atoms with van der Waals surface area (Å²) in [5.74, 6) is -0.697. The van der Waals surface area contributed by atoms with Crippen molar-refractivity contribution in [1.82, 2.24) is 4.90 Å². The summed E-state index contributed by atoms with van der Waals surface area (Å²) in [5.41, 5.74) is 3.03. The zero-order valence-corrected chi connectivity index (χ0v) is 23.7. The Bertz CT molecular complexity index is 1460. The second-order valence-electron chi connectivity index (χ2n) is 11.5. The number of fused-ring (bicyclic) bond motifs is 1. The van der Waals surface area contributed by atoms with Crippen LogP contribution in [0.4, 0.5) is 17.1 Å². The molecule has 0 N–H and O–H groups in total. The molecule has 2 saturated heterocycles. The van der Waals surface area contributed by atoms with E-state index in [1.807, 2.05) is 47.4 Å². The van der Waals surface area contributed by atoms with Crippen molar-refractivity contribution in [1.29, 1.82) is 0 Å². The van der Waals surface area contributed by atoms with Crippen LogP contribution in [0.25, 0.3) is 0 Å². The minimum Gasteiger partial charge on any atom is -0.363 e. The number of rotatable bonds is 6. The third kappa shape index (κ3) is 5.22. The summed E-state index contributed by atoms with van der Waals surface area (Å²) in [6.45, 7) is 4.70. The molecule has 2 heterocycles. The van der Waals surface area contributed by atoms with E-state index in [1.54, 1.807) is 12.1 Å². The fraction of sp³-hybridized carbons (Fsp3) is 0.375.